The largest absolute Gasteiger partial charge is 0.455 e. The van der Waals surface area contributed by atoms with Crippen LogP contribution in [0.4, 0.5) is 17.1 Å². The molecular weight excluding hydrogens is 727 g/mol. The van der Waals surface area contributed by atoms with Gasteiger partial charge in [0.2, 0.25) is 0 Å². The highest BCUT2D eigenvalue weighted by atomic mass is 16.3. The molecule has 0 saturated carbocycles. The van der Waals surface area contributed by atoms with Crippen molar-refractivity contribution in [1.82, 2.24) is 0 Å². The number of benzene rings is 10. The Hall–Kier alpha value is -7.94. The van der Waals surface area contributed by atoms with E-state index < -0.39 is 0 Å². The number of anilines is 3. The average molecular weight is 766 g/mol. The molecule has 0 atom stereocenters. The summed E-state index contributed by atoms with van der Waals surface area (Å²) in [6, 6.07) is 84.7. The van der Waals surface area contributed by atoms with Gasteiger partial charge in [-0.1, -0.05) is 176 Å². The summed E-state index contributed by atoms with van der Waals surface area (Å²) in [4.78, 5) is 2.33. The number of nitrogens with zero attached hydrogens (tertiary/aromatic N) is 1. The maximum atomic E-state index is 6.77. The molecule has 0 N–H and O–H groups in total. The molecule has 0 radical (unpaired) electrons. The zero-order valence-electron chi connectivity index (χ0n) is 32.9. The summed E-state index contributed by atoms with van der Waals surface area (Å²) in [5.74, 6) is 0. The van der Waals surface area contributed by atoms with Gasteiger partial charge >= 0.3 is 0 Å². The van der Waals surface area contributed by atoms with E-state index in [1.54, 1.807) is 0 Å². The van der Waals surface area contributed by atoms with Gasteiger partial charge in [0.15, 0.2) is 0 Å². The van der Waals surface area contributed by atoms with Crippen molar-refractivity contribution in [2.75, 3.05) is 4.90 Å². The van der Waals surface area contributed by atoms with Gasteiger partial charge in [-0.15, -0.1) is 0 Å². The zero-order valence-corrected chi connectivity index (χ0v) is 32.9. The minimum Gasteiger partial charge on any atom is -0.455 e. The topological polar surface area (TPSA) is 16.4 Å². The fraction of sp³-hybridized carbons (Fsp3) is 0. The van der Waals surface area contributed by atoms with Gasteiger partial charge in [-0.25, -0.2) is 0 Å². The van der Waals surface area contributed by atoms with E-state index in [-0.39, 0.29) is 0 Å². The normalized spacial score (nSPS) is 11.3. The second kappa shape index (κ2) is 15.1. The van der Waals surface area contributed by atoms with Gasteiger partial charge in [-0.3, -0.25) is 0 Å². The van der Waals surface area contributed by atoms with Gasteiger partial charge in [0.05, 0.1) is 11.1 Å². The molecule has 11 aromatic rings. The van der Waals surface area contributed by atoms with E-state index in [0.29, 0.717) is 0 Å². The van der Waals surface area contributed by atoms with Crippen molar-refractivity contribution >= 4 is 49.8 Å². The Balaban J connectivity index is 0.981. The molecule has 0 aliphatic rings. The highest BCUT2D eigenvalue weighted by Gasteiger charge is 2.21. The third kappa shape index (κ3) is 6.41. The highest BCUT2D eigenvalue weighted by Crippen LogP contribution is 2.46. The van der Waals surface area contributed by atoms with Crippen LogP contribution < -0.4 is 4.90 Å². The molecule has 0 saturated heterocycles. The van der Waals surface area contributed by atoms with Crippen molar-refractivity contribution in [2.45, 2.75) is 0 Å². The van der Waals surface area contributed by atoms with Crippen LogP contribution in [-0.2, 0) is 0 Å². The van der Waals surface area contributed by atoms with Gasteiger partial charge in [-0.05, 0) is 122 Å². The summed E-state index contributed by atoms with van der Waals surface area (Å²) in [5.41, 5.74) is 17.0. The molecule has 0 unspecified atom stereocenters. The van der Waals surface area contributed by atoms with Crippen LogP contribution in [0.3, 0.4) is 0 Å². The lowest BCUT2D eigenvalue weighted by molar-refractivity contribution is 0.672. The van der Waals surface area contributed by atoms with E-state index in [1.165, 1.54) is 55.5 Å². The first-order valence-corrected chi connectivity index (χ1v) is 20.5. The predicted octanol–water partition coefficient (Wildman–Crippen LogP) is 16.5. The Kier molecular flexibility index (Phi) is 8.87. The van der Waals surface area contributed by atoms with Crippen LogP contribution in [0.2, 0.25) is 0 Å². The second-order valence-corrected chi connectivity index (χ2v) is 15.3. The first kappa shape index (κ1) is 35.2. The average Bonchev–Trinajstić information content (AvgIpc) is 3.72. The molecule has 2 nitrogen and oxygen atoms in total. The first-order valence-electron chi connectivity index (χ1n) is 20.5. The quantitative estimate of drug-likeness (QED) is 0.153. The number of hydrogen-bond donors (Lipinski definition) is 0. The lowest BCUT2D eigenvalue weighted by Gasteiger charge is -2.26. The van der Waals surface area contributed by atoms with Crippen molar-refractivity contribution in [3.05, 3.63) is 237 Å². The maximum absolute atomic E-state index is 6.77. The SMILES string of the molecule is c1ccc(-c2cc(-c3ccccc3)cc(-c3ccc(-c4ccc(-c5cc6c(oc7cccc(N(c8ccccc8)c8ccccc8)c76)c6ccccc56)cc4)cc3)c2)cc1. The molecular formula is C58H39NO. The number of hydrogen-bond acceptors (Lipinski definition) is 2. The van der Waals surface area contributed by atoms with E-state index in [1.807, 2.05) is 0 Å². The van der Waals surface area contributed by atoms with Gasteiger partial charge < -0.3 is 9.32 Å². The van der Waals surface area contributed by atoms with E-state index in [0.717, 1.165) is 50.0 Å². The molecule has 0 bridgehead atoms. The van der Waals surface area contributed by atoms with Crippen LogP contribution >= 0.6 is 0 Å². The molecule has 1 aromatic heterocycles. The summed E-state index contributed by atoms with van der Waals surface area (Å²) < 4.78 is 6.77. The van der Waals surface area contributed by atoms with Gasteiger partial charge in [0.1, 0.15) is 11.2 Å². The molecule has 0 amide bonds. The van der Waals surface area contributed by atoms with Crippen molar-refractivity contribution in [3.8, 4) is 55.6 Å². The molecule has 0 aliphatic carbocycles. The van der Waals surface area contributed by atoms with Crippen LogP contribution in [0.25, 0.3) is 88.3 Å². The van der Waals surface area contributed by atoms with Crippen molar-refractivity contribution in [3.63, 3.8) is 0 Å². The summed E-state index contributed by atoms with van der Waals surface area (Å²) in [5, 5.41) is 4.45. The van der Waals surface area contributed by atoms with Crippen molar-refractivity contribution < 1.29 is 4.42 Å². The van der Waals surface area contributed by atoms with Crippen molar-refractivity contribution in [1.29, 1.82) is 0 Å². The van der Waals surface area contributed by atoms with E-state index in [4.69, 9.17) is 4.42 Å². The Morgan fingerprint density at radius 2 is 0.700 bits per heavy atom. The van der Waals surface area contributed by atoms with Crippen LogP contribution in [0.1, 0.15) is 0 Å². The molecule has 0 aliphatic heterocycles. The molecule has 10 aromatic carbocycles. The molecule has 0 fully saturated rings. The Morgan fingerprint density at radius 3 is 1.22 bits per heavy atom. The van der Waals surface area contributed by atoms with Crippen LogP contribution in [0.15, 0.2) is 241 Å². The number of furan rings is 1. The van der Waals surface area contributed by atoms with Crippen LogP contribution in [0, 0.1) is 0 Å². The van der Waals surface area contributed by atoms with Crippen molar-refractivity contribution in [2.24, 2.45) is 0 Å². The standard InChI is InChI=1S/C58H39NO/c1-5-16-40(17-6-1)46-36-47(41-18-7-2-8-19-41)38-48(37-46)44-30-28-42(29-31-44)43-32-34-45(35-33-43)53-39-54-57-55(59(49-20-9-3-10-21-49)50-22-11-4-12-23-50)26-15-27-56(57)60-58(54)52-25-14-13-24-51(52)53/h1-39H. The van der Waals surface area contributed by atoms with Gasteiger partial charge in [0.25, 0.3) is 0 Å². The van der Waals surface area contributed by atoms with E-state index >= 15 is 0 Å². The molecule has 0 spiro atoms. The lowest BCUT2D eigenvalue weighted by Crippen LogP contribution is -2.09. The fourth-order valence-corrected chi connectivity index (χ4v) is 8.72. The van der Waals surface area contributed by atoms with E-state index in [2.05, 4.69) is 241 Å². The second-order valence-electron chi connectivity index (χ2n) is 15.3. The van der Waals surface area contributed by atoms with E-state index in [9.17, 15) is 0 Å². The number of fused-ring (bicyclic) bond motifs is 5. The molecule has 282 valence electrons. The predicted molar refractivity (Wildman–Crippen MR) is 253 cm³/mol. The van der Waals surface area contributed by atoms with Crippen LogP contribution in [0.5, 0.6) is 0 Å². The lowest BCUT2D eigenvalue weighted by atomic mass is 9.92. The minimum atomic E-state index is 0.864. The maximum Gasteiger partial charge on any atom is 0.143 e. The zero-order chi connectivity index (χ0) is 39.8. The Labute approximate surface area is 349 Å². The van der Waals surface area contributed by atoms with Crippen LogP contribution in [-0.4, -0.2) is 0 Å². The monoisotopic (exact) mass is 765 g/mol. The number of rotatable bonds is 8. The smallest absolute Gasteiger partial charge is 0.143 e. The summed E-state index contributed by atoms with van der Waals surface area (Å²) in [6.45, 7) is 0. The molecule has 11 rings (SSSR count). The summed E-state index contributed by atoms with van der Waals surface area (Å²) in [6.07, 6.45) is 0. The fourth-order valence-electron chi connectivity index (χ4n) is 8.72. The molecule has 2 heteroatoms. The minimum absolute atomic E-state index is 0.864. The van der Waals surface area contributed by atoms with Gasteiger partial charge in [0, 0.05) is 22.1 Å². The van der Waals surface area contributed by atoms with Gasteiger partial charge in [-0.2, -0.15) is 0 Å². The Morgan fingerprint density at radius 1 is 0.283 bits per heavy atom. The molecule has 60 heavy (non-hydrogen) atoms. The highest BCUT2D eigenvalue weighted by molar-refractivity contribution is 6.22. The Bertz CT molecular complexity index is 3170. The summed E-state index contributed by atoms with van der Waals surface area (Å²) in [7, 11) is 0. The summed E-state index contributed by atoms with van der Waals surface area (Å²) >= 11 is 0. The molecule has 1 heterocycles. The first-order chi connectivity index (χ1) is 29.7. The third-order valence-corrected chi connectivity index (χ3v) is 11.6. The number of para-hydroxylation sites is 2. The third-order valence-electron chi connectivity index (χ3n) is 11.6.